The molecule has 0 saturated carbocycles. The first-order valence-electron chi connectivity index (χ1n) is 7.07. The van der Waals surface area contributed by atoms with E-state index >= 15 is 0 Å². The number of nitrogens with zero attached hydrogens (tertiary/aromatic N) is 3. The summed E-state index contributed by atoms with van der Waals surface area (Å²) in [6.07, 6.45) is 2.51. The van der Waals surface area contributed by atoms with Gasteiger partial charge in [0, 0.05) is 49.7 Å². The molecule has 0 aliphatic carbocycles. The first kappa shape index (κ1) is 15.0. The van der Waals surface area contributed by atoms with Crippen molar-refractivity contribution in [3.8, 4) is 0 Å². The summed E-state index contributed by atoms with van der Waals surface area (Å²) < 4.78 is 1.81. The van der Waals surface area contributed by atoms with Crippen molar-refractivity contribution in [2.24, 2.45) is 7.05 Å². The van der Waals surface area contributed by atoms with Crippen LogP contribution in [0.25, 0.3) is 0 Å². The normalized spacial score (nSPS) is 10.4. The molecule has 0 spiro atoms. The van der Waals surface area contributed by atoms with Crippen LogP contribution in [0.3, 0.4) is 0 Å². The van der Waals surface area contributed by atoms with Crippen molar-refractivity contribution in [2.75, 3.05) is 18.4 Å². The zero-order valence-corrected chi connectivity index (χ0v) is 12.7. The average Bonchev–Trinajstić information content (AvgIpc) is 2.84. The van der Waals surface area contributed by atoms with Gasteiger partial charge in [-0.1, -0.05) is 0 Å². The Labute approximate surface area is 124 Å². The molecule has 0 unspecified atom stereocenters. The van der Waals surface area contributed by atoms with E-state index in [4.69, 9.17) is 0 Å². The zero-order valence-electron chi connectivity index (χ0n) is 12.7. The highest BCUT2D eigenvalue weighted by atomic mass is 16.1. The summed E-state index contributed by atoms with van der Waals surface area (Å²) in [6, 6.07) is 5.52. The SMILES string of the molecule is CCNc1cc(C(=O)NCCc2ccnn2C)cc(C)n1. The van der Waals surface area contributed by atoms with Crippen molar-refractivity contribution in [2.45, 2.75) is 20.3 Å². The number of aromatic nitrogens is 3. The highest BCUT2D eigenvalue weighted by Gasteiger charge is 2.08. The number of anilines is 1. The van der Waals surface area contributed by atoms with E-state index in [0.29, 0.717) is 12.1 Å². The van der Waals surface area contributed by atoms with Gasteiger partial charge in [-0.05, 0) is 32.0 Å². The molecule has 0 bridgehead atoms. The van der Waals surface area contributed by atoms with E-state index in [1.807, 2.05) is 31.6 Å². The van der Waals surface area contributed by atoms with Gasteiger partial charge >= 0.3 is 0 Å². The molecule has 6 nitrogen and oxygen atoms in total. The maximum Gasteiger partial charge on any atom is 0.251 e. The highest BCUT2D eigenvalue weighted by Crippen LogP contribution is 2.10. The van der Waals surface area contributed by atoms with Gasteiger partial charge in [0.15, 0.2) is 0 Å². The molecule has 2 rings (SSSR count). The summed E-state index contributed by atoms with van der Waals surface area (Å²) in [7, 11) is 1.89. The van der Waals surface area contributed by atoms with Gasteiger partial charge in [0.2, 0.25) is 0 Å². The lowest BCUT2D eigenvalue weighted by molar-refractivity contribution is 0.0954. The van der Waals surface area contributed by atoms with Crippen molar-refractivity contribution < 1.29 is 4.79 Å². The molecule has 21 heavy (non-hydrogen) atoms. The molecule has 0 aliphatic rings. The van der Waals surface area contributed by atoms with E-state index in [9.17, 15) is 4.79 Å². The lowest BCUT2D eigenvalue weighted by Gasteiger charge is -2.09. The van der Waals surface area contributed by atoms with Crippen molar-refractivity contribution in [3.63, 3.8) is 0 Å². The first-order valence-corrected chi connectivity index (χ1v) is 7.07. The third kappa shape index (κ3) is 4.05. The second-order valence-corrected chi connectivity index (χ2v) is 4.86. The Morgan fingerprint density at radius 3 is 2.86 bits per heavy atom. The molecule has 2 aromatic heterocycles. The maximum absolute atomic E-state index is 12.2. The molecule has 0 atom stereocenters. The van der Waals surface area contributed by atoms with E-state index in [-0.39, 0.29) is 5.91 Å². The maximum atomic E-state index is 12.2. The number of aryl methyl sites for hydroxylation is 2. The van der Waals surface area contributed by atoms with E-state index in [1.54, 1.807) is 18.3 Å². The number of nitrogens with one attached hydrogen (secondary N) is 2. The van der Waals surface area contributed by atoms with Crippen molar-refractivity contribution in [1.82, 2.24) is 20.1 Å². The minimum Gasteiger partial charge on any atom is -0.370 e. The van der Waals surface area contributed by atoms with Crippen LogP contribution in [-0.4, -0.2) is 33.8 Å². The van der Waals surface area contributed by atoms with Crippen LogP contribution < -0.4 is 10.6 Å². The number of carbonyl (C=O) groups excluding carboxylic acids is 1. The Morgan fingerprint density at radius 1 is 1.38 bits per heavy atom. The van der Waals surface area contributed by atoms with E-state index in [1.165, 1.54) is 0 Å². The van der Waals surface area contributed by atoms with Crippen LogP contribution in [-0.2, 0) is 13.5 Å². The fourth-order valence-electron chi connectivity index (χ4n) is 2.12. The van der Waals surface area contributed by atoms with Crippen LogP contribution in [0.5, 0.6) is 0 Å². The van der Waals surface area contributed by atoms with Crippen LogP contribution >= 0.6 is 0 Å². The quantitative estimate of drug-likeness (QED) is 0.845. The number of carbonyl (C=O) groups is 1. The Bertz CT molecular complexity index is 620. The minimum atomic E-state index is -0.0816. The highest BCUT2D eigenvalue weighted by molar-refractivity contribution is 5.95. The third-order valence-electron chi connectivity index (χ3n) is 3.16. The Balaban J connectivity index is 1.95. The van der Waals surface area contributed by atoms with Gasteiger partial charge in [-0.2, -0.15) is 5.10 Å². The third-order valence-corrected chi connectivity index (χ3v) is 3.16. The fourth-order valence-corrected chi connectivity index (χ4v) is 2.12. The van der Waals surface area contributed by atoms with Crippen molar-refractivity contribution in [1.29, 1.82) is 0 Å². The van der Waals surface area contributed by atoms with Crippen LogP contribution in [0, 0.1) is 6.92 Å². The predicted molar refractivity (Wildman–Crippen MR) is 82.4 cm³/mol. The molecule has 1 amide bonds. The molecule has 112 valence electrons. The van der Waals surface area contributed by atoms with Gasteiger partial charge < -0.3 is 10.6 Å². The monoisotopic (exact) mass is 287 g/mol. The lowest BCUT2D eigenvalue weighted by Crippen LogP contribution is -2.26. The predicted octanol–water partition coefficient (Wildman–Crippen LogP) is 1.53. The van der Waals surface area contributed by atoms with Gasteiger partial charge in [0.05, 0.1) is 0 Å². The van der Waals surface area contributed by atoms with Crippen LogP contribution in [0.1, 0.15) is 28.7 Å². The van der Waals surface area contributed by atoms with Gasteiger partial charge in [-0.3, -0.25) is 9.48 Å². The number of hydrogen-bond acceptors (Lipinski definition) is 4. The van der Waals surface area contributed by atoms with Gasteiger partial charge in [-0.15, -0.1) is 0 Å². The molecule has 2 aromatic rings. The Hall–Kier alpha value is -2.37. The molecule has 6 heteroatoms. The van der Waals surface area contributed by atoms with Gasteiger partial charge in [-0.25, -0.2) is 4.98 Å². The number of rotatable bonds is 6. The second-order valence-electron chi connectivity index (χ2n) is 4.86. The molecule has 2 N–H and O–H groups in total. The molecular formula is C15H21N5O. The zero-order chi connectivity index (χ0) is 15.2. The molecule has 0 saturated heterocycles. The van der Waals surface area contributed by atoms with Crippen LogP contribution in [0.15, 0.2) is 24.4 Å². The molecular weight excluding hydrogens is 266 g/mol. The average molecular weight is 287 g/mol. The molecule has 0 radical (unpaired) electrons. The number of pyridine rings is 1. The Kier molecular flexibility index (Phi) is 4.92. The molecule has 0 aromatic carbocycles. The molecule has 2 heterocycles. The number of hydrogen-bond donors (Lipinski definition) is 2. The summed E-state index contributed by atoms with van der Waals surface area (Å²) in [5.74, 6) is 0.649. The topological polar surface area (TPSA) is 71.8 Å². The Morgan fingerprint density at radius 2 is 2.19 bits per heavy atom. The van der Waals surface area contributed by atoms with E-state index < -0.39 is 0 Å². The van der Waals surface area contributed by atoms with Crippen molar-refractivity contribution >= 4 is 11.7 Å². The van der Waals surface area contributed by atoms with E-state index in [0.717, 1.165) is 30.2 Å². The first-order chi connectivity index (χ1) is 10.1. The smallest absolute Gasteiger partial charge is 0.251 e. The largest absolute Gasteiger partial charge is 0.370 e. The summed E-state index contributed by atoms with van der Waals surface area (Å²) in [6.45, 7) is 5.24. The molecule has 0 fully saturated rings. The summed E-state index contributed by atoms with van der Waals surface area (Å²) in [5, 5.41) is 10.2. The summed E-state index contributed by atoms with van der Waals surface area (Å²) in [5.41, 5.74) is 2.54. The summed E-state index contributed by atoms with van der Waals surface area (Å²) >= 11 is 0. The van der Waals surface area contributed by atoms with E-state index in [2.05, 4.69) is 20.7 Å². The standard InChI is InChI=1S/C15H21N5O/c1-4-16-14-10-12(9-11(2)19-14)15(21)17-7-5-13-6-8-18-20(13)3/h6,8-10H,4-5,7H2,1-3H3,(H,16,19)(H,17,21). The fraction of sp³-hybridized carbons (Fsp3) is 0.400. The van der Waals surface area contributed by atoms with Crippen LogP contribution in [0.4, 0.5) is 5.82 Å². The second kappa shape index (κ2) is 6.88. The van der Waals surface area contributed by atoms with Crippen LogP contribution in [0.2, 0.25) is 0 Å². The summed E-state index contributed by atoms with van der Waals surface area (Å²) in [4.78, 5) is 16.5. The minimum absolute atomic E-state index is 0.0816. The van der Waals surface area contributed by atoms with Gasteiger partial charge in [0.1, 0.15) is 5.82 Å². The van der Waals surface area contributed by atoms with Gasteiger partial charge in [0.25, 0.3) is 5.91 Å². The lowest BCUT2D eigenvalue weighted by atomic mass is 10.2. The molecule has 0 aliphatic heterocycles. The van der Waals surface area contributed by atoms with Crippen molar-refractivity contribution in [3.05, 3.63) is 41.3 Å². The number of amides is 1.